The van der Waals surface area contributed by atoms with Crippen LogP contribution in [0.4, 0.5) is 5.69 Å². The second-order valence-corrected chi connectivity index (χ2v) is 5.66. The third-order valence-corrected chi connectivity index (χ3v) is 3.43. The lowest BCUT2D eigenvalue weighted by Crippen LogP contribution is -2.34. The molecular weight excluding hydrogens is 310 g/mol. The van der Waals surface area contributed by atoms with Crippen molar-refractivity contribution >= 4 is 34.8 Å². The van der Waals surface area contributed by atoms with Gasteiger partial charge in [0, 0.05) is 24.2 Å². The Bertz CT molecular complexity index is 546. The molecule has 0 aliphatic heterocycles. The first kappa shape index (κ1) is 19.1. The SMILES string of the molecule is CCCCCCC(=O)NC(=S)Nc1cccc(C(=O)NCC)c1. The molecule has 0 bridgehead atoms. The number of thiocarbonyl (C=S) groups is 1. The van der Waals surface area contributed by atoms with Gasteiger partial charge in [0.25, 0.3) is 5.91 Å². The summed E-state index contributed by atoms with van der Waals surface area (Å²) in [5, 5.41) is 8.58. The van der Waals surface area contributed by atoms with Crippen LogP contribution in [-0.2, 0) is 4.79 Å². The fourth-order valence-electron chi connectivity index (χ4n) is 2.06. The number of amides is 2. The lowest BCUT2D eigenvalue weighted by Gasteiger charge is -2.10. The number of benzene rings is 1. The summed E-state index contributed by atoms with van der Waals surface area (Å²) in [5.74, 6) is -0.222. The number of rotatable bonds is 8. The van der Waals surface area contributed by atoms with Crippen LogP contribution >= 0.6 is 12.2 Å². The Morgan fingerprint density at radius 1 is 1.13 bits per heavy atom. The molecule has 0 saturated heterocycles. The van der Waals surface area contributed by atoms with Crippen molar-refractivity contribution in [3.05, 3.63) is 29.8 Å². The number of carbonyl (C=O) groups is 2. The third kappa shape index (κ3) is 7.74. The maximum atomic E-state index is 11.8. The highest BCUT2D eigenvalue weighted by molar-refractivity contribution is 7.80. The average Bonchev–Trinajstić information content (AvgIpc) is 2.52. The van der Waals surface area contributed by atoms with Crippen molar-refractivity contribution in [1.82, 2.24) is 10.6 Å². The second kappa shape index (κ2) is 10.7. The van der Waals surface area contributed by atoms with Crippen molar-refractivity contribution in [2.75, 3.05) is 11.9 Å². The molecule has 0 radical (unpaired) electrons. The fraction of sp³-hybridized carbons (Fsp3) is 0.471. The zero-order chi connectivity index (χ0) is 17.1. The summed E-state index contributed by atoms with van der Waals surface area (Å²) in [4.78, 5) is 23.6. The minimum Gasteiger partial charge on any atom is -0.352 e. The summed E-state index contributed by atoms with van der Waals surface area (Å²) < 4.78 is 0. The highest BCUT2D eigenvalue weighted by Gasteiger charge is 2.07. The van der Waals surface area contributed by atoms with Gasteiger partial charge in [-0.05, 0) is 43.8 Å². The van der Waals surface area contributed by atoms with Crippen LogP contribution in [0.15, 0.2) is 24.3 Å². The Labute approximate surface area is 143 Å². The standard InChI is InChI=1S/C17H25N3O2S/c1-3-5-6-7-11-15(21)20-17(23)19-14-10-8-9-13(12-14)16(22)18-4-2/h8-10,12H,3-7,11H2,1-2H3,(H,18,22)(H2,19,20,21,23). The minimum absolute atomic E-state index is 0.0847. The van der Waals surface area contributed by atoms with Gasteiger partial charge >= 0.3 is 0 Å². The molecule has 2 amide bonds. The summed E-state index contributed by atoms with van der Waals surface area (Å²) >= 11 is 5.13. The number of carbonyl (C=O) groups excluding carboxylic acids is 2. The normalized spacial score (nSPS) is 10.0. The second-order valence-electron chi connectivity index (χ2n) is 5.25. The van der Waals surface area contributed by atoms with E-state index in [1.54, 1.807) is 24.3 Å². The number of anilines is 1. The Balaban J connectivity index is 2.46. The summed E-state index contributed by atoms with van der Waals surface area (Å²) in [6.07, 6.45) is 4.68. The maximum absolute atomic E-state index is 11.8. The fourth-order valence-corrected chi connectivity index (χ4v) is 2.30. The van der Waals surface area contributed by atoms with Gasteiger partial charge in [0.05, 0.1) is 0 Å². The van der Waals surface area contributed by atoms with E-state index >= 15 is 0 Å². The van der Waals surface area contributed by atoms with Crippen molar-refractivity contribution < 1.29 is 9.59 Å². The molecule has 0 saturated carbocycles. The quantitative estimate of drug-likeness (QED) is 0.504. The monoisotopic (exact) mass is 335 g/mol. The summed E-state index contributed by atoms with van der Waals surface area (Å²) in [6.45, 7) is 4.57. The zero-order valence-electron chi connectivity index (χ0n) is 13.8. The molecule has 5 nitrogen and oxygen atoms in total. The van der Waals surface area contributed by atoms with Crippen LogP contribution in [0.3, 0.4) is 0 Å². The first-order chi connectivity index (χ1) is 11.1. The minimum atomic E-state index is -0.137. The molecule has 0 spiro atoms. The van der Waals surface area contributed by atoms with E-state index in [-0.39, 0.29) is 16.9 Å². The molecular formula is C17H25N3O2S. The van der Waals surface area contributed by atoms with Crippen LogP contribution in [-0.4, -0.2) is 23.5 Å². The zero-order valence-corrected chi connectivity index (χ0v) is 14.6. The third-order valence-electron chi connectivity index (χ3n) is 3.23. The Morgan fingerprint density at radius 3 is 2.61 bits per heavy atom. The molecule has 0 atom stereocenters. The predicted octanol–water partition coefficient (Wildman–Crippen LogP) is 3.22. The number of hydrogen-bond donors (Lipinski definition) is 3. The van der Waals surface area contributed by atoms with Crippen LogP contribution in [0.25, 0.3) is 0 Å². The number of nitrogens with one attached hydrogen (secondary N) is 3. The molecule has 0 fully saturated rings. The van der Waals surface area contributed by atoms with Crippen molar-refractivity contribution in [3.63, 3.8) is 0 Å². The molecule has 6 heteroatoms. The van der Waals surface area contributed by atoms with Crippen molar-refractivity contribution in [1.29, 1.82) is 0 Å². The molecule has 1 aromatic carbocycles. The lowest BCUT2D eigenvalue weighted by molar-refractivity contribution is -0.119. The highest BCUT2D eigenvalue weighted by atomic mass is 32.1. The van der Waals surface area contributed by atoms with Gasteiger partial charge in [-0.1, -0.05) is 32.3 Å². The molecule has 0 aliphatic rings. The Hall–Kier alpha value is -1.95. The molecule has 23 heavy (non-hydrogen) atoms. The molecule has 1 aromatic rings. The summed E-state index contributed by atoms with van der Waals surface area (Å²) in [5.41, 5.74) is 1.22. The van der Waals surface area contributed by atoms with E-state index in [2.05, 4.69) is 22.9 Å². The number of unbranched alkanes of at least 4 members (excludes halogenated alkanes) is 3. The first-order valence-corrected chi connectivity index (χ1v) is 8.46. The van der Waals surface area contributed by atoms with E-state index in [0.29, 0.717) is 24.2 Å². The first-order valence-electron chi connectivity index (χ1n) is 8.06. The van der Waals surface area contributed by atoms with E-state index in [1.165, 1.54) is 0 Å². The van der Waals surface area contributed by atoms with Gasteiger partial charge < -0.3 is 16.0 Å². The lowest BCUT2D eigenvalue weighted by atomic mass is 10.1. The van der Waals surface area contributed by atoms with E-state index in [0.717, 1.165) is 25.7 Å². The van der Waals surface area contributed by atoms with E-state index < -0.39 is 0 Å². The number of hydrogen-bond acceptors (Lipinski definition) is 3. The molecule has 0 aliphatic carbocycles. The van der Waals surface area contributed by atoms with Gasteiger partial charge in [-0.25, -0.2) is 0 Å². The van der Waals surface area contributed by atoms with E-state index in [4.69, 9.17) is 12.2 Å². The van der Waals surface area contributed by atoms with Crippen LogP contribution in [0.5, 0.6) is 0 Å². The largest absolute Gasteiger partial charge is 0.352 e. The summed E-state index contributed by atoms with van der Waals surface area (Å²) in [6, 6.07) is 6.99. The van der Waals surface area contributed by atoms with Crippen molar-refractivity contribution in [2.45, 2.75) is 46.0 Å². The van der Waals surface area contributed by atoms with Crippen LogP contribution < -0.4 is 16.0 Å². The van der Waals surface area contributed by atoms with Gasteiger partial charge in [0.15, 0.2) is 5.11 Å². The van der Waals surface area contributed by atoms with Crippen LogP contribution in [0.1, 0.15) is 56.3 Å². The van der Waals surface area contributed by atoms with Crippen molar-refractivity contribution in [3.8, 4) is 0 Å². The molecule has 3 N–H and O–H groups in total. The molecule has 1 rings (SSSR count). The molecule has 0 aromatic heterocycles. The van der Waals surface area contributed by atoms with Crippen LogP contribution in [0, 0.1) is 0 Å². The molecule has 0 unspecified atom stereocenters. The highest BCUT2D eigenvalue weighted by Crippen LogP contribution is 2.10. The van der Waals surface area contributed by atoms with E-state index in [9.17, 15) is 9.59 Å². The van der Waals surface area contributed by atoms with Gasteiger partial charge in [0.1, 0.15) is 0 Å². The maximum Gasteiger partial charge on any atom is 0.251 e. The van der Waals surface area contributed by atoms with Gasteiger partial charge in [-0.3, -0.25) is 9.59 Å². The average molecular weight is 335 g/mol. The van der Waals surface area contributed by atoms with Gasteiger partial charge in [-0.2, -0.15) is 0 Å². The van der Waals surface area contributed by atoms with E-state index in [1.807, 2.05) is 6.92 Å². The van der Waals surface area contributed by atoms with Crippen molar-refractivity contribution in [2.24, 2.45) is 0 Å². The summed E-state index contributed by atoms with van der Waals surface area (Å²) in [7, 11) is 0. The topological polar surface area (TPSA) is 70.2 Å². The Morgan fingerprint density at radius 2 is 1.91 bits per heavy atom. The van der Waals surface area contributed by atoms with Crippen LogP contribution in [0.2, 0.25) is 0 Å². The smallest absolute Gasteiger partial charge is 0.251 e. The van der Waals surface area contributed by atoms with Gasteiger partial charge in [-0.15, -0.1) is 0 Å². The molecule has 0 heterocycles. The van der Waals surface area contributed by atoms with Gasteiger partial charge in [0.2, 0.25) is 5.91 Å². The Kier molecular flexibility index (Phi) is 8.90. The molecule has 126 valence electrons. The predicted molar refractivity (Wildman–Crippen MR) is 97.6 cm³/mol.